The number of sulfonamides is 1. The third-order valence-electron chi connectivity index (χ3n) is 3.37. The molecule has 0 saturated carbocycles. The zero-order valence-electron chi connectivity index (χ0n) is 12.0. The summed E-state index contributed by atoms with van der Waals surface area (Å²) < 4.78 is 32.3. The number of morpholine rings is 1. The largest absolute Gasteiger partial charge is 0.389 e. The molecular formula is C14H21NO4S. The molecule has 1 heterocycles. The minimum absolute atomic E-state index is 0.216. The highest BCUT2D eigenvalue weighted by Crippen LogP contribution is 2.25. The van der Waals surface area contributed by atoms with Gasteiger partial charge in [0.25, 0.3) is 0 Å². The molecule has 0 radical (unpaired) electrons. The lowest BCUT2D eigenvalue weighted by atomic mass is 10.1. The van der Waals surface area contributed by atoms with Gasteiger partial charge in [0, 0.05) is 13.1 Å². The van der Waals surface area contributed by atoms with Crippen molar-refractivity contribution >= 4 is 10.0 Å². The molecule has 0 amide bonds. The van der Waals surface area contributed by atoms with E-state index in [2.05, 4.69) is 0 Å². The first-order valence-electron chi connectivity index (χ1n) is 6.64. The van der Waals surface area contributed by atoms with Crippen molar-refractivity contribution in [1.29, 1.82) is 0 Å². The van der Waals surface area contributed by atoms with Crippen LogP contribution in [0.3, 0.4) is 0 Å². The van der Waals surface area contributed by atoms with Gasteiger partial charge < -0.3 is 9.84 Å². The Balaban J connectivity index is 2.33. The molecule has 0 aromatic heterocycles. The quantitative estimate of drug-likeness (QED) is 0.919. The van der Waals surface area contributed by atoms with Crippen LogP contribution in [0.1, 0.15) is 32.4 Å². The lowest BCUT2D eigenvalue weighted by molar-refractivity contribution is -0.0640. The van der Waals surface area contributed by atoms with Crippen molar-refractivity contribution in [2.75, 3.05) is 19.7 Å². The molecule has 1 aromatic rings. The minimum atomic E-state index is -3.55. The van der Waals surface area contributed by atoms with Crippen molar-refractivity contribution in [3.05, 3.63) is 29.8 Å². The second-order valence-electron chi connectivity index (χ2n) is 5.70. The molecular weight excluding hydrogens is 278 g/mol. The van der Waals surface area contributed by atoms with E-state index in [4.69, 9.17) is 4.74 Å². The summed E-state index contributed by atoms with van der Waals surface area (Å²) in [4.78, 5) is 0.216. The van der Waals surface area contributed by atoms with E-state index in [1.54, 1.807) is 25.1 Å². The van der Waals surface area contributed by atoms with Crippen LogP contribution in [0.25, 0.3) is 0 Å². The fraction of sp³-hybridized carbons (Fsp3) is 0.571. The molecule has 112 valence electrons. The van der Waals surface area contributed by atoms with Crippen molar-refractivity contribution in [3.8, 4) is 0 Å². The molecule has 2 rings (SSSR count). The van der Waals surface area contributed by atoms with Crippen LogP contribution in [-0.2, 0) is 14.8 Å². The van der Waals surface area contributed by atoms with Gasteiger partial charge in [-0.25, -0.2) is 8.42 Å². The van der Waals surface area contributed by atoms with Crippen LogP contribution in [0.2, 0.25) is 0 Å². The Labute approximate surface area is 120 Å². The summed E-state index contributed by atoms with van der Waals surface area (Å²) in [7, 11) is -3.55. The van der Waals surface area contributed by atoms with Crippen LogP contribution in [0.4, 0.5) is 0 Å². The molecule has 20 heavy (non-hydrogen) atoms. The van der Waals surface area contributed by atoms with E-state index in [0.29, 0.717) is 25.3 Å². The van der Waals surface area contributed by atoms with Crippen LogP contribution >= 0.6 is 0 Å². The summed E-state index contributed by atoms with van der Waals surface area (Å²) in [5, 5.41) is 9.58. The predicted octanol–water partition coefficient (Wildman–Crippen LogP) is 1.54. The van der Waals surface area contributed by atoms with Crippen LogP contribution in [0.5, 0.6) is 0 Å². The Morgan fingerprint density at radius 2 is 2.10 bits per heavy atom. The first-order chi connectivity index (χ1) is 9.22. The van der Waals surface area contributed by atoms with Gasteiger partial charge in [0.05, 0.1) is 23.2 Å². The van der Waals surface area contributed by atoms with Gasteiger partial charge in [0.2, 0.25) is 10.0 Å². The molecule has 1 aromatic carbocycles. The zero-order chi connectivity index (χ0) is 15.0. The topological polar surface area (TPSA) is 66.8 Å². The average molecular weight is 299 g/mol. The molecule has 0 bridgehead atoms. The van der Waals surface area contributed by atoms with Gasteiger partial charge >= 0.3 is 0 Å². The Morgan fingerprint density at radius 1 is 1.40 bits per heavy atom. The van der Waals surface area contributed by atoms with E-state index in [9.17, 15) is 13.5 Å². The fourth-order valence-corrected chi connectivity index (χ4v) is 3.89. The predicted molar refractivity (Wildman–Crippen MR) is 75.9 cm³/mol. The lowest BCUT2D eigenvalue weighted by Crippen LogP contribution is -2.50. The molecule has 0 spiro atoms. The number of nitrogens with zero attached hydrogens (tertiary/aromatic N) is 1. The SMILES string of the molecule is CC(O)c1cccc(S(=O)(=O)N2CCOC(C)(C)C2)c1. The molecule has 6 heteroatoms. The molecule has 5 nitrogen and oxygen atoms in total. The van der Waals surface area contributed by atoms with Gasteiger partial charge in [-0.05, 0) is 38.5 Å². The molecule has 1 saturated heterocycles. The van der Waals surface area contributed by atoms with Crippen LogP contribution in [0.15, 0.2) is 29.2 Å². The normalized spacial score (nSPS) is 21.6. The highest BCUT2D eigenvalue weighted by atomic mass is 32.2. The second kappa shape index (κ2) is 5.44. The standard InChI is InChI=1S/C14H21NO4S/c1-11(16)12-5-4-6-13(9-12)20(17,18)15-7-8-19-14(2,3)10-15/h4-6,9,11,16H,7-8,10H2,1-3H3. The number of rotatable bonds is 3. The Bertz CT molecular complexity index is 581. The Kier molecular flexibility index (Phi) is 4.20. The lowest BCUT2D eigenvalue weighted by Gasteiger charge is -2.37. The van der Waals surface area contributed by atoms with Crippen molar-refractivity contribution in [2.24, 2.45) is 0 Å². The summed E-state index contributed by atoms with van der Waals surface area (Å²) in [6.45, 7) is 6.44. The summed E-state index contributed by atoms with van der Waals surface area (Å²) in [6.07, 6.45) is -0.689. The molecule has 1 unspecified atom stereocenters. The fourth-order valence-electron chi connectivity index (χ4n) is 2.26. The number of benzene rings is 1. The third kappa shape index (κ3) is 3.20. The van der Waals surface area contributed by atoms with Gasteiger partial charge in [-0.1, -0.05) is 12.1 Å². The van der Waals surface area contributed by atoms with E-state index < -0.39 is 21.7 Å². The second-order valence-corrected chi connectivity index (χ2v) is 7.63. The monoisotopic (exact) mass is 299 g/mol. The molecule has 1 fully saturated rings. The van der Waals surface area contributed by atoms with Gasteiger partial charge in [-0.15, -0.1) is 0 Å². The number of hydrogen-bond donors (Lipinski definition) is 1. The summed E-state index contributed by atoms with van der Waals surface area (Å²) >= 11 is 0. The van der Waals surface area contributed by atoms with Crippen molar-refractivity contribution in [1.82, 2.24) is 4.31 Å². The van der Waals surface area contributed by atoms with E-state index in [-0.39, 0.29) is 4.90 Å². The third-order valence-corrected chi connectivity index (χ3v) is 5.21. The van der Waals surface area contributed by atoms with Crippen LogP contribution in [0, 0.1) is 0 Å². The number of hydrogen-bond acceptors (Lipinski definition) is 4. The maximum atomic E-state index is 12.6. The van der Waals surface area contributed by atoms with E-state index in [1.807, 2.05) is 13.8 Å². The van der Waals surface area contributed by atoms with E-state index >= 15 is 0 Å². The summed E-state index contributed by atoms with van der Waals surface area (Å²) in [5.74, 6) is 0. The first-order valence-corrected chi connectivity index (χ1v) is 8.08. The van der Waals surface area contributed by atoms with Gasteiger partial charge in [-0.3, -0.25) is 0 Å². The summed E-state index contributed by atoms with van der Waals surface area (Å²) in [5.41, 5.74) is 0.117. The number of aliphatic hydroxyl groups is 1. The van der Waals surface area contributed by atoms with Crippen LogP contribution in [-0.4, -0.2) is 43.1 Å². The highest BCUT2D eigenvalue weighted by molar-refractivity contribution is 7.89. The van der Waals surface area contributed by atoms with Crippen molar-refractivity contribution < 1.29 is 18.3 Å². The van der Waals surface area contributed by atoms with Crippen LogP contribution < -0.4 is 0 Å². The van der Waals surface area contributed by atoms with Gasteiger partial charge in [0.1, 0.15) is 0 Å². The maximum absolute atomic E-state index is 12.6. The molecule has 1 aliphatic rings. The van der Waals surface area contributed by atoms with Gasteiger partial charge in [-0.2, -0.15) is 4.31 Å². The minimum Gasteiger partial charge on any atom is -0.389 e. The Morgan fingerprint density at radius 3 is 2.70 bits per heavy atom. The van der Waals surface area contributed by atoms with Crippen molar-refractivity contribution in [3.63, 3.8) is 0 Å². The first kappa shape index (κ1) is 15.4. The smallest absolute Gasteiger partial charge is 0.243 e. The number of ether oxygens (including phenoxy) is 1. The number of aliphatic hydroxyl groups excluding tert-OH is 1. The molecule has 1 N–H and O–H groups in total. The molecule has 0 aliphatic carbocycles. The van der Waals surface area contributed by atoms with Gasteiger partial charge in [0.15, 0.2) is 0 Å². The zero-order valence-corrected chi connectivity index (χ0v) is 12.9. The molecule has 1 aliphatic heterocycles. The average Bonchev–Trinajstić information content (AvgIpc) is 2.37. The van der Waals surface area contributed by atoms with Crippen molar-refractivity contribution in [2.45, 2.75) is 37.4 Å². The van der Waals surface area contributed by atoms with E-state index in [1.165, 1.54) is 10.4 Å². The molecule has 1 atom stereocenters. The van der Waals surface area contributed by atoms with E-state index in [0.717, 1.165) is 0 Å². The maximum Gasteiger partial charge on any atom is 0.243 e. The highest BCUT2D eigenvalue weighted by Gasteiger charge is 2.34. The Hall–Kier alpha value is -0.950. The summed E-state index contributed by atoms with van der Waals surface area (Å²) in [6, 6.07) is 6.46.